The Hall–Kier alpha value is 0.314. The van der Waals surface area contributed by atoms with Gasteiger partial charge in [-0.05, 0) is 23.1 Å². The average Bonchev–Trinajstić information content (AvgIpc) is 1.86. The fourth-order valence-electron chi connectivity index (χ4n) is 0.972. The Morgan fingerprint density at radius 3 is 1.86 bits per heavy atom. The molecule has 1 nitrogen and oxygen atoms in total. The van der Waals surface area contributed by atoms with E-state index in [-0.39, 0.29) is 51.9 Å². The number of benzene rings is 1. The van der Waals surface area contributed by atoms with E-state index in [4.69, 9.17) is 0 Å². The van der Waals surface area contributed by atoms with Gasteiger partial charge >= 0.3 is 0 Å². The normalized spacial score (nSPS) is 9.07. The Kier molecular flexibility index (Phi) is 10.7. The molecule has 0 heterocycles. The molecule has 0 aromatic heterocycles. The fraction of sp³-hybridized carbons (Fsp3) is 0.400. The van der Waals surface area contributed by atoms with Gasteiger partial charge in [-0.3, -0.25) is 0 Å². The van der Waals surface area contributed by atoms with Crippen molar-refractivity contribution in [3.8, 4) is 5.75 Å². The number of rotatable bonds is 0. The molecule has 80 valence electrons. The summed E-state index contributed by atoms with van der Waals surface area (Å²) in [7, 11) is 0. The molecule has 0 fully saturated rings. The second-order valence-corrected chi connectivity index (χ2v) is 3.80. The summed E-state index contributed by atoms with van der Waals surface area (Å²) < 4.78 is 0. The van der Waals surface area contributed by atoms with E-state index in [1.165, 1.54) is 0 Å². The van der Waals surface area contributed by atoms with E-state index in [2.05, 4.69) is 20.8 Å². The van der Waals surface area contributed by atoms with Gasteiger partial charge in [-0.2, -0.15) is 0 Å². The maximum atomic E-state index is 9.18. The SMILES string of the molecule is CC(C)(C)c1cccc(O)c1.Cl.Cl.[Ti]. The van der Waals surface area contributed by atoms with Crippen LogP contribution in [-0.4, -0.2) is 5.11 Å². The zero-order chi connectivity index (χ0) is 8.48. The van der Waals surface area contributed by atoms with Crippen molar-refractivity contribution in [3.05, 3.63) is 29.8 Å². The van der Waals surface area contributed by atoms with Crippen LogP contribution < -0.4 is 0 Å². The molecule has 0 radical (unpaired) electrons. The molecule has 0 aliphatic carbocycles. The number of phenols is 1. The Balaban J connectivity index is -0.000000403. The third-order valence-electron chi connectivity index (χ3n) is 1.71. The van der Waals surface area contributed by atoms with E-state index in [9.17, 15) is 5.11 Å². The molecule has 0 saturated heterocycles. The predicted molar refractivity (Wildman–Crippen MR) is 61.3 cm³/mol. The van der Waals surface area contributed by atoms with Gasteiger partial charge in [-0.1, -0.05) is 32.9 Å². The van der Waals surface area contributed by atoms with Gasteiger partial charge in [-0.25, -0.2) is 0 Å². The summed E-state index contributed by atoms with van der Waals surface area (Å²) >= 11 is 0. The maximum absolute atomic E-state index is 9.18. The maximum Gasteiger partial charge on any atom is 0.115 e. The van der Waals surface area contributed by atoms with Gasteiger partial charge in [0.1, 0.15) is 5.75 Å². The first-order chi connectivity index (χ1) is 5.00. The molecule has 1 N–H and O–H groups in total. The molecule has 1 rings (SSSR count). The van der Waals surface area contributed by atoms with E-state index in [1.807, 2.05) is 12.1 Å². The van der Waals surface area contributed by atoms with Crippen molar-refractivity contribution in [2.75, 3.05) is 0 Å². The zero-order valence-corrected chi connectivity index (χ0v) is 11.8. The molecular formula is C10H16Cl2OTi. The topological polar surface area (TPSA) is 20.2 Å². The first kappa shape index (κ1) is 19.8. The molecule has 1 aromatic carbocycles. The van der Waals surface area contributed by atoms with E-state index in [0.717, 1.165) is 5.56 Å². The van der Waals surface area contributed by atoms with Crippen LogP contribution in [0, 0.1) is 0 Å². The summed E-state index contributed by atoms with van der Waals surface area (Å²) in [5.41, 5.74) is 1.29. The van der Waals surface area contributed by atoms with Gasteiger partial charge in [0, 0.05) is 21.7 Å². The van der Waals surface area contributed by atoms with Gasteiger partial charge in [0.2, 0.25) is 0 Å². The summed E-state index contributed by atoms with van der Waals surface area (Å²) in [6, 6.07) is 7.39. The van der Waals surface area contributed by atoms with Crippen molar-refractivity contribution >= 4 is 24.8 Å². The van der Waals surface area contributed by atoms with E-state index < -0.39 is 0 Å². The summed E-state index contributed by atoms with van der Waals surface area (Å²) in [6.45, 7) is 6.38. The molecule has 0 saturated carbocycles. The smallest absolute Gasteiger partial charge is 0.115 e. The molecule has 0 bridgehead atoms. The number of hydrogen-bond donors (Lipinski definition) is 1. The molecule has 4 heteroatoms. The summed E-state index contributed by atoms with van der Waals surface area (Å²) in [5.74, 6) is 0.345. The Labute approximate surface area is 113 Å². The fourth-order valence-corrected chi connectivity index (χ4v) is 0.972. The van der Waals surface area contributed by atoms with Crippen LogP contribution in [0.25, 0.3) is 0 Å². The summed E-state index contributed by atoms with van der Waals surface area (Å²) in [4.78, 5) is 0. The minimum Gasteiger partial charge on any atom is -0.508 e. The van der Waals surface area contributed by atoms with Crippen molar-refractivity contribution < 1.29 is 26.8 Å². The van der Waals surface area contributed by atoms with Gasteiger partial charge in [0.05, 0.1) is 0 Å². The van der Waals surface area contributed by atoms with Crippen LogP contribution in [0.15, 0.2) is 24.3 Å². The first-order valence-electron chi connectivity index (χ1n) is 3.79. The first-order valence-corrected chi connectivity index (χ1v) is 3.79. The van der Waals surface area contributed by atoms with Crippen LogP contribution in [0.2, 0.25) is 0 Å². The second-order valence-electron chi connectivity index (χ2n) is 3.80. The van der Waals surface area contributed by atoms with Crippen molar-refractivity contribution in [2.45, 2.75) is 26.2 Å². The zero-order valence-electron chi connectivity index (χ0n) is 8.57. The van der Waals surface area contributed by atoms with Gasteiger partial charge in [0.15, 0.2) is 0 Å². The summed E-state index contributed by atoms with van der Waals surface area (Å²) in [6.07, 6.45) is 0. The largest absolute Gasteiger partial charge is 0.508 e. The van der Waals surface area contributed by atoms with Crippen molar-refractivity contribution in [2.24, 2.45) is 0 Å². The third kappa shape index (κ3) is 5.92. The quantitative estimate of drug-likeness (QED) is 0.715. The van der Waals surface area contributed by atoms with E-state index in [1.54, 1.807) is 12.1 Å². The number of phenolic OH excluding ortho intramolecular Hbond substituents is 1. The standard InChI is InChI=1S/C10H14O.2ClH.Ti/c1-10(2,3)8-5-4-6-9(11)7-8;;;/h4-7,11H,1-3H3;2*1H;. The molecule has 0 atom stereocenters. The van der Waals surface area contributed by atoms with Crippen LogP contribution >= 0.6 is 24.8 Å². The van der Waals surface area contributed by atoms with Crippen LogP contribution in [0.4, 0.5) is 0 Å². The minimum atomic E-state index is 0. The molecule has 0 unspecified atom stereocenters. The van der Waals surface area contributed by atoms with Crippen molar-refractivity contribution in [3.63, 3.8) is 0 Å². The predicted octanol–water partition coefficient (Wildman–Crippen LogP) is 3.53. The Morgan fingerprint density at radius 1 is 1.07 bits per heavy atom. The third-order valence-corrected chi connectivity index (χ3v) is 1.71. The summed E-state index contributed by atoms with van der Waals surface area (Å²) in [5, 5.41) is 9.18. The number of aromatic hydroxyl groups is 1. The molecule has 14 heavy (non-hydrogen) atoms. The Morgan fingerprint density at radius 2 is 1.57 bits per heavy atom. The molecule has 0 amide bonds. The monoisotopic (exact) mass is 270 g/mol. The molecule has 1 aromatic rings. The van der Waals surface area contributed by atoms with Crippen LogP contribution in [0.3, 0.4) is 0 Å². The second kappa shape index (κ2) is 7.59. The molecule has 0 aliphatic rings. The minimum absolute atomic E-state index is 0. The van der Waals surface area contributed by atoms with Gasteiger partial charge < -0.3 is 5.11 Å². The van der Waals surface area contributed by atoms with Crippen LogP contribution in [-0.2, 0) is 27.1 Å². The van der Waals surface area contributed by atoms with Crippen molar-refractivity contribution in [1.29, 1.82) is 0 Å². The number of halogens is 2. The van der Waals surface area contributed by atoms with Gasteiger partial charge in [-0.15, -0.1) is 24.8 Å². The van der Waals surface area contributed by atoms with Crippen LogP contribution in [0.1, 0.15) is 26.3 Å². The molecule has 0 aliphatic heterocycles. The average molecular weight is 271 g/mol. The Bertz CT molecular complexity index is 259. The van der Waals surface area contributed by atoms with Crippen molar-refractivity contribution in [1.82, 2.24) is 0 Å². The number of hydrogen-bond acceptors (Lipinski definition) is 1. The molecule has 0 spiro atoms. The van der Waals surface area contributed by atoms with Gasteiger partial charge in [0.25, 0.3) is 0 Å². The van der Waals surface area contributed by atoms with E-state index >= 15 is 0 Å². The molecular weight excluding hydrogens is 255 g/mol. The van der Waals surface area contributed by atoms with E-state index in [0.29, 0.717) is 5.75 Å². The van der Waals surface area contributed by atoms with Crippen LogP contribution in [0.5, 0.6) is 5.75 Å².